The van der Waals surface area contributed by atoms with Gasteiger partial charge in [-0.15, -0.1) is 12.4 Å². The number of rotatable bonds is 6. The smallest absolute Gasteiger partial charge is 0.223 e. The number of carbonyl (C=O) groups is 1. The summed E-state index contributed by atoms with van der Waals surface area (Å²) in [4.78, 5) is 12.6. The fourth-order valence-corrected chi connectivity index (χ4v) is 3.59. The Morgan fingerprint density at radius 1 is 1.20 bits per heavy atom. The van der Waals surface area contributed by atoms with E-state index in [1.165, 1.54) is 22.3 Å². The number of nitrogens with one attached hydrogen (secondary N) is 2. The molecule has 25 heavy (non-hydrogen) atoms. The summed E-state index contributed by atoms with van der Waals surface area (Å²) in [6.45, 7) is 4.54. The molecule has 0 saturated heterocycles. The van der Waals surface area contributed by atoms with Crippen LogP contribution in [0.2, 0.25) is 0 Å². The Hall–Kier alpha value is -1.36. The van der Waals surface area contributed by atoms with Gasteiger partial charge in [0.1, 0.15) is 0 Å². The molecule has 1 amide bonds. The van der Waals surface area contributed by atoms with E-state index in [-0.39, 0.29) is 24.2 Å². The number of halogens is 2. The first kappa shape index (κ1) is 20.0. The Morgan fingerprint density at radius 3 is 2.72 bits per heavy atom. The second-order valence-corrected chi connectivity index (χ2v) is 7.18. The van der Waals surface area contributed by atoms with Crippen molar-refractivity contribution in [1.82, 2.24) is 10.6 Å². The van der Waals surface area contributed by atoms with Crippen molar-refractivity contribution in [3.05, 3.63) is 69.2 Å². The predicted molar refractivity (Wildman–Crippen MR) is 108 cm³/mol. The molecule has 5 heteroatoms. The molecule has 3 rings (SSSR count). The van der Waals surface area contributed by atoms with Crippen LogP contribution in [0.25, 0.3) is 0 Å². The fourth-order valence-electron chi connectivity index (χ4n) is 3.14. The molecule has 1 aliphatic rings. The molecule has 0 fully saturated rings. The van der Waals surface area contributed by atoms with Gasteiger partial charge in [0.05, 0.1) is 0 Å². The van der Waals surface area contributed by atoms with Gasteiger partial charge in [0.2, 0.25) is 5.91 Å². The number of carbonyl (C=O) groups excluding carboxylic acids is 1. The van der Waals surface area contributed by atoms with Crippen molar-refractivity contribution in [2.75, 3.05) is 0 Å². The molecule has 2 aromatic rings. The number of fused-ring (bicyclic) bond motifs is 1. The van der Waals surface area contributed by atoms with E-state index in [0.29, 0.717) is 6.54 Å². The van der Waals surface area contributed by atoms with Crippen LogP contribution in [0.4, 0.5) is 0 Å². The molecular formula is C20H24BrClN2O. The highest BCUT2D eigenvalue weighted by Crippen LogP contribution is 2.21. The highest BCUT2D eigenvalue weighted by Gasteiger charge is 2.18. The Kier molecular flexibility index (Phi) is 7.48. The quantitative estimate of drug-likeness (QED) is 0.725. The largest absolute Gasteiger partial charge is 0.352 e. The third kappa shape index (κ3) is 5.06. The van der Waals surface area contributed by atoms with Gasteiger partial charge in [-0.2, -0.15) is 0 Å². The van der Waals surface area contributed by atoms with Gasteiger partial charge in [-0.05, 0) is 41.2 Å². The van der Waals surface area contributed by atoms with Crippen molar-refractivity contribution < 1.29 is 4.79 Å². The lowest BCUT2D eigenvalue weighted by molar-refractivity contribution is -0.125. The Labute approximate surface area is 164 Å². The molecule has 3 nitrogen and oxygen atoms in total. The molecule has 1 unspecified atom stereocenters. The van der Waals surface area contributed by atoms with Gasteiger partial charge in [-0.3, -0.25) is 4.79 Å². The molecule has 0 radical (unpaired) electrons. The maximum Gasteiger partial charge on any atom is 0.223 e. The van der Waals surface area contributed by atoms with Crippen molar-refractivity contribution in [3.63, 3.8) is 0 Å². The summed E-state index contributed by atoms with van der Waals surface area (Å²) in [7, 11) is 0. The van der Waals surface area contributed by atoms with Crippen LogP contribution in [-0.2, 0) is 30.8 Å². The van der Waals surface area contributed by atoms with Gasteiger partial charge in [0, 0.05) is 30.0 Å². The van der Waals surface area contributed by atoms with Crippen LogP contribution >= 0.6 is 28.3 Å². The minimum atomic E-state index is -0.000191. The molecule has 134 valence electrons. The molecule has 1 aliphatic heterocycles. The highest BCUT2D eigenvalue weighted by atomic mass is 79.9. The normalized spacial score (nSPS) is 13.7. The minimum absolute atomic E-state index is 0. The van der Waals surface area contributed by atoms with E-state index in [0.717, 1.165) is 30.4 Å². The Balaban J connectivity index is 0.00000225. The highest BCUT2D eigenvalue weighted by molar-refractivity contribution is 9.10. The van der Waals surface area contributed by atoms with Crippen molar-refractivity contribution in [1.29, 1.82) is 0 Å². The molecule has 0 aromatic heterocycles. The van der Waals surface area contributed by atoms with Gasteiger partial charge in [-0.25, -0.2) is 0 Å². The number of hydrogen-bond acceptors (Lipinski definition) is 2. The first-order valence-corrected chi connectivity index (χ1v) is 9.29. The second-order valence-electron chi connectivity index (χ2n) is 6.33. The lowest BCUT2D eigenvalue weighted by Crippen LogP contribution is -2.31. The van der Waals surface area contributed by atoms with Crippen LogP contribution in [0.5, 0.6) is 0 Å². The zero-order chi connectivity index (χ0) is 16.9. The number of benzene rings is 2. The van der Waals surface area contributed by atoms with Crippen molar-refractivity contribution >= 4 is 34.2 Å². The molecule has 2 N–H and O–H groups in total. The van der Waals surface area contributed by atoms with Gasteiger partial charge >= 0.3 is 0 Å². The molecule has 0 spiro atoms. The Morgan fingerprint density at radius 2 is 1.96 bits per heavy atom. The molecule has 0 bridgehead atoms. The first-order chi connectivity index (χ1) is 11.7. The van der Waals surface area contributed by atoms with Gasteiger partial charge in [0.25, 0.3) is 0 Å². The molecule has 0 saturated carbocycles. The molecule has 1 heterocycles. The third-order valence-corrected chi connectivity index (χ3v) is 5.43. The van der Waals surface area contributed by atoms with Crippen LogP contribution in [0, 0.1) is 5.92 Å². The maximum absolute atomic E-state index is 12.6. The summed E-state index contributed by atoms with van der Waals surface area (Å²) in [5.41, 5.74) is 5.07. The first-order valence-electron chi connectivity index (χ1n) is 8.50. The summed E-state index contributed by atoms with van der Waals surface area (Å²) in [5, 5.41) is 6.45. The maximum atomic E-state index is 12.6. The van der Waals surface area contributed by atoms with Crippen molar-refractivity contribution in [2.24, 2.45) is 5.92 Å². The standard InChI is InChI=1S/C20H23BrN2O.ClH/c1-2-15(10-16-5-3-4-6-19(16)21)20(24)23-11-14-7-8-17-12-22-13-18(17)9-14;/h3-9,15,22H,2,10-13H2,1H3,(H,23,24);1H. The topological polar surface area (TPSA) is 41.1 Å². The molecular weight excluding hydrogens is 400 g/mol. The van der Waals surface area contributed by atoms with E-state index in [1.54, 1.807) is 0 Å². The zero-order valence-corrected chi connectivity index (χ0v) is 16.8. The summed E-state index contributed by atoms with van der Waals surface area (Å²) < 4.78 is 1.07. The van der Waals surface area contributed by atoms with E-state index in [9.17, 15) is 4.79 Å². The van der Waals surface area contributed by atoms with Crippen molar-refractivity contribution in [3.8, 4) is 0 Å². The summed E-state index contributed by atoms with van der Waals surface area (Å²) in [6.07, 6.45) is 1.60. The van der Waals surface area contributed by atoms with E-state index in [2.05, 4.69) is 57.8 Å². The number of amides is 1. The van der Waals surface area contributed by atoms with Gasteiger partial charge in [0.15, 0.2) is 0 Å². The monoisotopic (exact) mass is 422 g/mol. The fraction of sp³-hybridized carbons (Fsp3) is 0.350. The average molecular weight is 424 g/mol. The number of hydrogen-bond donors (Lipinski definition) is 2. The SMILES string of the molecule is CCC(Cc1ccccc1Br)C(=O)NCc1ccc2c(c1)CNC2.Cl. The molecule has 1 atom stereocenters. The van der Waals surface area contributed by atoms with Crippen LogP contribution < -0.4 is 10.6 Å². The van der Waals surface area contributed by atoms with E-state index in [1.807, 2.05) is 18.2 Å². The van der Waals surface area contributed by atoms with E-state index >= 15 is 0 Å². The summed E-state index contributed by atoms with van der Waals surface area (Å²) in [5.74, 6) is 0.131. The van der Waals surface area contributed by atoms with Gasteiger partial charge < -0.3 is 10.6 Å². The summed E-state index contributed by atoms with van der Waals surface area (Å²) >= 11 is 3.57. The van der Waals surface area contributed by atoms with E-state index in [4.69, 9.17) is 0 Å². The molecule has 2 aromatic carbocycles. The Bertz CT molecular complexity index is 735. The molecule has 0 aliphatic carbocycles. The third-order valence-electron chi connectivity index (χ3n) is 4.66. The lowest BCUT2D eigenvalue weighted by atomic mass is 9.96. The lowest BCUT2D eigenvalue weighted by Gasteiger charge is -2.16. The average Bonchev–Trinajstić information content (AvgIpc) is 3.06. The van der Waals surface area contributed by atoms with Gasteiger partial charge in [-0.1, -0.05) is 59.3 Å². The van der Waals surface area contributed by atoms with E-state index < -0.39 is 0 Å². The minimum Gasteiger partial charge on any atom is -0.352 e. The van der Waals surface area contributed by atoms with Crippen LogP contribution in [-0.4, -0.2) is 5.91 Å². The van der Waals surface area contributed by atoms with Crippen LogP contribution in [0.1, 0.15) is 35.6 Å². The van der Waals surface area contributed by atoms with Crippen LogP contribution in [0.3, 0.4) is 0 Å². The zero-order valence-electron chi connectivity index (χ0n) is 14.3. The second kappa shape index (κ2) is 9.37. The van der Waals surface area contributed by atoms with Crippen LogP contribution in [0.15, 0.2) is 46.9 Å². The summed E-state index contributed by atoms with van der Waals surface area (Å²) in [6, 6.07) is 14.6. The predicted octanol–water partition coefficient (Wildman–Crippen LogP) is 4.36. The van der Waals surface area contributed by atoms with Crippen molar-refractivity contribution in [2.45, 2.75) is 39.4 Å².